The predicted molar refractivity (Wildman–Crippen MR) is 14.4 cm³/mol. The third-order valence-electron chi connectivity index (χ3n) is 0. The Balaban J connectivity index is -0.0000000450. The van der Waals surface area contributed by atoms with Crippen LogP contribution in [0.5, 0.6) is 0 Å². The molecule has 0 aromatic carbocycles. The van der Waals surface area contributed by atoms with Crippen molar-refractivity contribution in [2.24, 2.45) is 0 Å². The van der Waals surface area contributed by atoms with E-state index in [9.17, 15) is 0 Å². The van der Waals surface area contributed by atoms with Gasteiger partial charge in [-0.2, -0.15) is 0 Å². The van der Waals surface area contributed by atoms with Crippen LogP contribution in [0.3, 0.4) is 0 Å². The molecule has 0 spiro atoms. The molecule has 1 N–H and O–H groups in total. The largest absolute Gasteiger partial charge is 0.481 e. The fraction of sp³-hybridized carbons (Fsp3) is 0.500. The van der Waals surface area contributed by atoms with Crippen LogP contribution >= 0.6 is 0 Å². The Kier molecular flexibility index (Phi) is 7.30. The van der Waals surface area contributed by atoms with Crippen LogP contribution in [0.15, 0.2) is 0 Å². The second kappa shape index (κ2) is 4.09. The maximum absolute atomic E-state index is 9.00. The average Bonchev–Trinajstić information content (AvgIpc) is 0.811. The summed E-state index contributed by atoms with van der Waals surface area (Å²) in [5, 5.41) is 7.42. The first-order valence-corrected chi connectivity index (χ1v) is 0.928. The Bertz CT molecular complexity index is 34.5. The molecule has 0 saturated carbocycles. The summed E-state index contributed by atoms with van der Waals surface area (Å²) in [5.74, 6) is -0.833. The van der Waals surface area contributed by atoms with Gasteiger partial charge in [-0.25, -0.2) is 0 Å². The van der Waals surface area contributed by atoms with Crippen LogP contribution in [-0.2, 0) is 24.3 Å². The van der Waals surface area contributed by atoms with Gasteiger partial charge >= 0.3 is 0 Å². The Morgan fingerprint density at radius 1 is 2.00 bits per heavy atom. The number of carboxylic acids is 1. The molecule has 0 aliphatic carbocycles. The molecule has 0 unspecified atom stereocenters. The Morgan fingerprint density at radius 2 is 2.00 bits per heavy atom. The molecule has 33 valence electrons. The van der Waals surface area contributed by atoms with E-state index in [1.807, 2.05) is 0 Å². The van der Waals surface area contributed by atoms with Crippen LogP contribution in [0.1, 0.15) is 8.35 Å². The molecule has 0 heterocycles. The molecular weight excluding hydrogens is 157 g/mol. The predicted octanol–water partition coefficient (Wildman–Crippen LogP) is 0.201. The molecule has 0 aliphatic rings. The van der Waals surface area contributed by atoms with Crippen molar-refractivity contribution in [1.82, 2.24) is 0 Å². The topological polar surface area (TPSA) is 37.3 Å². The van der Waals surface area contributed by atoms with Gasteiger partial charge < -0.3 is 5.11 Å². The molecule has 0 saturated heterocycles. The van der Waals surface area contributed by atoms with E-state index in [1.165, 1.54) is 0 Å². The summed E-state index contributed by atoms with van der Waals surface area (Å²) in [7, 11) is 0. The van der Waals surface area contributed by atoms with Gasteiger partial charge in [-0.3, -0.25) is 4.79 Å². The van der Waals surface area contributed by atoms with Gasteiger partial charge in [-0.15, -0.1) is 0 Å². The minimum Gasteiger partial charge on any atom is -0.481 e. The molecule has 0 amide bonds. The first kappa shape index (κ1) is 8.92. The monoisotopic (exact) mass is 163 g/mol. The molecule has 0 aromatic rings. The van der Waals surface area contributed by atoms with Gasteiger partial charge in [0.25, 0.3) is 5.97 Å². The quantitative estimate of drug-likeness (QED) is 0.516. The van der Waals surface area contributed by atoms with Crippen LogP contribution in [-0.4, -0.2) is 11.1 Å². The van der Waals surface area contributed by atoms with Gasteiger partial charge in [0.15, 0.2) is 0 Å². The Morgan fingerprint density at radius 3 is 2.00 bits per heavy atom. The number of hydrogen-bond acceptors (Lipinski definition) is 1. The molecule has 0 aliphatic heterocycles. The van der Waals surface area contributed by atoms with E-state index in [-0.39, 0.29) is 20.9 Å². The minimum absolute atomic E-state index is 0. The van der Waals surface area contributed by atoms with Crippen LogP contribution in [0, 0.1) is 0 Å². The normalized spacial score (nSPS) is 5.00. The SMILES string of the molecule is CC(=O)O.[H].[Ru]. The van der Waals surface area contributed by atoms with Crippen molar-refractivity contribution in [1.29, 1.82) is 0 Å². The zero-order valence-corrected chi connectivity index (χ0v) is 4.45. The molecular formula is C2H5O2Ru. The number of carboxylic acid groups (broad SMARTS) is 1. The molecule has 0 atom stereocenters. The fourth-order valence-electron chi connectivity index (χ4n) is 0. The van der Waals surface area contributed by atoms with Crippen molar-refractivity contribution >= 4 is 5.97 Å². The molecule has 0 fully saturated rings. The first-order valence-electron chi connectivity index (χ1n) is 0.928. The molecule has 0 rings (SSSR count). The average molecular weight is 162 g/mol. The van der Waals surface area contributed by atoms with Gasteiger partial charge in [-0.05, 0) is 0 Å². The summed E-state index contributed by atoms with van der Waals surface area (Å²) >= 11 is 0. The first-order chi connectivity index (χ1) is 1.73. The molecule has 3 heteroatoms. The zero-order valence-electron chi connectivity index (χ0n) is 3.71. The van der Waals surface area contributed by atoms with E-state index < -0.39 is 5.97 Å². The Hall–Kier alpha value is 0.0934. The van der Waals surface area contributed by atoms with Crippen LogP contribution in [0.4, 0.5) is 0 Å². The van der Waals surface area contributed by atoms with E-state index in [0.717, 1.165) is 6.92 Å². The summed E-state index contributed by atoms with van der Waals surface area (Å²) in [6, 6.07) is 0. The van der Waals surface area contributed by atoms with Gasteiger partial charge in [0.2, 0.25) is 0 Å². The van der Waals surface area contributed by atoms with Crippen molar-refractivity contribution < 1.29 is 30.8 Å². The second-order valence-electron chi connectivity index (χ2n) is 0.519. The summed E-state index contributed by atoms with van der Waals surface area (Å²) in [5.41, 5.74) is 0. The maximum atomic E-state index is 9.00. The summed E-state index contributed by atoms with van der Waals surface area (Å²) in [4.78, 5) is 9.00. The van der Waals surface area contributed by atoms with E-state index in [2.05, 4.69) is 0 Å². The maximum Gasteiger partial charge on any atom is 0.300 e. The zero-order chi connectivity index (χ0) is 3.58. The summed E-state index contributed by atoms with van der Waals surface area (Å²) in [6.45, 7) is 1.08. The van der Waals surface area contributed by atoms with Gasteiger partial charge in [0.05, 0.1) is 0 Å². The molecule has 0 bridgehead atoms. The van der Waals surface area contributed by atoms with Gasteiger partial charge in [0, 0.05) is 27.8 Å². The Labute approximate surface area is 44.4 Å². The van der Waals surface area contributed by atoms with Crippen molar-refractivity contribution in [3.05, 3.63) is 0 Å². The summed E-state index contributed by atoms with van der Waals surface area (Å²) in [6.07, 6.45) is 0. The van der Waals surface area contributed by atoms with E-state index in [4.69, 9.17) is 9.90 Å². The number of rotatable bonds is 0. The third-order valence-corrected chi connectivity index (χ3v) is 0. The smallest absolute Gasteiger partial charge is 0.300 e. The van der Waals surface area contributed by atoms with E-state index in [1.54, 1.807) is 0 Å². The molecule has 2 nitrogen and oxygen atoms in total. The number of carbonyl (C=O) groups is 1. The standard InChI is InChI=1S/C2H4O2.Ru.H/c1-2(3)4;;/h1H3,(H,3,4);;. The molecule has 5 heavy (non-hydrogen) atoms. The number of aliphatic carboxylic acids is 1. The second-order valence-corrected chi connectivity index (χ2v) is 0.519. The van der Waals surface area contributed by atoms with Crippen LogP contribution in [0.25, 0.3) is 0 Å². The van der Waals surface area contributed by atoms with Crippen molar-refractivity contribution in [3.8, 4) is 0 Å². The van der Waals surface area contributed by atoms with Gasteiger partial charge in [-0.1, -0.05) is 0 Å². The minimum atomic E-state index is -0.833. The van der Waals surface area contributed by atoms with Gasteiger partial charge in [0.1, 0.15) is 0 Å². The van der Waals surface area contributed by atoms with Crippen LogP contribution in [0.2, 0.25) is 0 Å². The van der Waals surface area contributed by atoms with E-state index >= 15 is 0 Å². The summed E-state index contributed by atoms with van der Waals surface area (Å²) < 4.78 is 0. The van der Waals surface area contributed by atoms with E-state index in [0.29, 0.717) is 0 Å². The molecule has 1 radical (unpaired) electrons. The van der Waals surface area contributed by atoms with Crippen molar-refractivity contribution in [2.75, 3.05) is 0 Å². The number of hydrogen-bond donors (Lipinski definition) is 1. The molecule has 0 aromatic heterocycles. The van der Waals surface area contributed by atoms with Crippen molar-refractivity contribution in [2.45, 2.75) is 6.92 Å². The van der Waals surface area contributed by atoms with Crippen molar-refractivity contribution in [3.63, 3.8) is 0 Å². The van der Waals surface area contributed by atoms with Crippen LogP contribution < -0.4 is 0 Å². The fourth-order valence-corrected chi connectivity index (χ4v) is 0. The third kappa shape index (κ3) is 2060.